The lowest BCUT2D eigenvalue weighted by Gasteiger charge is -2.25. The molecule has 0 fully saturated rings. The van der Waals surface area contributed by atoms with Crippen molar-refractivity contribution in [1.29, 1.82) is 0 Å². The predicted molar refractivity (Wildman–Crippen MR) is 173 cm³/mol. The normalized spacial score (nSPS) is 12.2. The molecule has 1 heterocycles. The van der Waals surface area contributed by atoms with E-state index < -0.39 is 53.8 Å². The summed E-state index contributed by atoms with van der Waals surface area (Å²) in [5.41, 5.74) is 1.49. The molecule has 3 aromatic rings. The van der Waals surface area contributed by atoms with Gasteiger partial charge < -0.3 is 25.2 Å². The van der Waals surface area contributed by atoms with Gasteiger partial charge in [-0.3, -0.25) is 24.2 Å². The Hall–Kier alpha value is -4.16. The molecule has 46 heavy (non-hydrogen) atoms. The first kappa shape index (κ1) is 36.3. The van der Waals surface area contributed by atoms with Crippen molar-refractivity contribution in [3.63, 3.8) is 0 Å². The lowest BCUT2D eigenvalue weighted by atomic mass is 10.0. The standard InChI is InChI=1S/C33H37ClFN3O7S/c1-4-44-29-12-11-23(45-17-22-8-5-6-13-36-22)14-21(29)15-30(40)38-32(20(2)3)33(43)37-27(16-31(41)42)28(39)19-46-18-24-25(34)9-7-10-26(24)35/h5-14,20,27,32H,4,15-19H2,1-3H3,(H,37,43)(H,38,40)(H,41,42)/t27-,32-/m0/s1. The summed E-state index contributed by atoms with van der Waals surface area (Å²) in [5.74, 6) is -3.11. The smallest absolute Gasteiger partial charge is 0.305 e. The van der Waals surface area contributed by atoms with Crippen molar-refractivity contribution in [2.24, 2.45) is 5.92 Å². The maximum absolute atomic E-state index is 14.1. The highest BCUT2D eigenvalue weighted by Gasteiger charge is 2.30. The van der Waals surface area contributed by atoms with Gasteiger partial charge in [0.1, 0.15) is 30.0 Å². The Morgan fingerprint density at radius 1 is 1.04 bits per heavy atom. The lowest BCUT2D eigenvalue weighted by Crippen LogP contribution is -2.54. The van der Waals surface area contributed by atoms with E-state index in [2.05, 4.69) is 15.6 Å². The van der Waals surface area contributed by atoms with Crippen molar-refractivity contribution >= 4 is 46.9 Å². The number of nitrogens with zero attached hydrogens (tertiary/aromatic N) is 1. The number of aliphatic carboxylic acids is 1. The second-order valence-corrected chi connectivity index (χ2v) is 12.0. The molecule has 0 spiro atoms. The third kappa shape index (κ3) is 11.3. The van der Waals surface area contributed by atoms with Crippen LogP contribution in [0, 0.1) is 11.7 Å². The van der Waals surface area contributed by atoms with Crippen molar-refractivity contribution in [3.05, 3.63) is 88.5 Å². The highest BCUT2D eigenvalue weighted by molar-refractivity contribution is 7.99. The third-order valence-electron chi connectivity index (χ3n) is 6.70. The van der Waals surface area contributed by atoms with Crippen LogP contribution in [0.25, 0.3) is 0 Å². The van der Waals surface area contributed by atoms with Gasteiger partial charge in [0.2, 0.25) is 11.8 Å². The number of aromatic nitrogens is 1. The van der Waals surface area contributed by atoms with Crippen LogP contribution in [0.15, 0.2) is 60.8 Å². The van der Waals surface area contributed by atoms with Crippen LogP contribution >= 0.6 is 23.4 Å². The number of Topliss-reactive ketones (excluding diaryl/α,β-unsaturated/α-hetero) is 1. The lowest BCUT2D eigenvalue weighted by molar-refractivity contribution is -0.140. The molecule has 2 amide bonds. The van der Waals surface area contributed by atoms with E-state index in [4.69, 9.17) is 21.1 Å². The van der Waals surface area contributed by atoms with Crippen molar-refractivity contribution in [2.45, 2.75) is 58.1 Å². The summed E-state index contributed by atoms with van der Waals surface area (Å²) in [5, 5.41) is 14.8. The molecule has 0 aliphatic rings. The summed E-state index contributed by atoms with van der Waals surface area (Å²) in [6.07, 6.45) is 0.865. The van der Waals surface area contributed by atoms with Gasteiger partial charge in [-0.25, -0.2) is 4.39 Å². The number of carboxylic acid groups (broad SMARTS) is 1. The molecule has 0 unspecified atom stereocenters. The summed E-state index contributed by atoms with van der Waals surface area (Å²) in [4.78, 5) is 55.2. The van der Waals surface area contributed by atoms with Gasteiger partial charge in [-0.15, -0.1) is 11.8 Å². The molecule has 0 aliphatic heterocycles. The van der Waals surface area contributed by atoms with Crippen LogP contribution in [0.2, 0.25) is 5.02 Å². The molecule has 0 aliphatic carbocycles. The zero-order valence-corrected chi connectivity index (χ0v) is 27.3. The quantitative estimate of drug-likeness (QED) is 0.170. The van der Waals surface area contributed by atoms with E-state index in [-0.39, 0.29) is 35.1 Å². The molecular formula is C33H37ClFN3O7S. The molecule has 13 heteroatoms. The minimum absolute atomic E-state index is 0.0782. The van der Waals surface area contributed by atoms with Gasteiger partial charge in [0.05, 0.1) is 36.9 Å². The van der Waals surface area contributed by atoms with Gasteiger partial charge in [0, 0.05) is 28.1 Å². The van der Waals surface area contributed by atoms with Crippen LogP contribution in [-0.4, -0.2) is 58.1 Å². The average molecular weight is 674 g/mol. The summed E-state index contributed by atoms with van der Waals surface area (Å²) >= 11 is 7.10. The summed E-state index contributed by atoms with van der Waals surface area (Å²) in [6, 6.07) is 12.4. The number of carbonyl (C=O) groups is 4. The summed E-state index contributed by atoms with van der Waals surface area (Å²) in [6.45, 7) is 5.83. The number of ether oxygens (including phenoxy) is 2. The highest BCUT2D eigenvalue weighted by Crippen LogP contribution is 2.26. The van der Waals surface area contributed by atoms with Crippen LogP contribution in [0.4, 0.5) is 4.39 Å². The average Bonchev–Trinajstić information content (AvgIpc) is 3.01. The van der Waals surface area contributed by atoms with Gasteiger partial charge in [0.25, 0.3) is 0 Å². The van der Waals surface area contributed by atoms with Crippen molar-refractivity contribution in [1.82, 2.24) is 15.6 Å². The fraction of sp³-hybridized carbons (Fsp3) is 0.364. The number of pyridine rings is 1. The van der Waals surface area contributed by atoms with Gasteiger partial charge >= 0.3 is 5.97 Å². The molecule has 1 aromatic heterocycles. The first-order valence-corrected chi connectivity index (χ1v) is 16.1. The van der Waals surface area contributed by atoms with Crippen molar-refractivity contribution < 1.29 is 38.1 Å². The SMILES string of the molecule is CCOc1ccc(OCc2ccccn2)cc1CC(=O)N[C@H](C(=O)N[C@@H](CC(=O)O)C(=O)CSCc1c(F)cccc1Cl)C(C)C. The third-order valence-corrected chi connectivity index (χ3v) is 8.03. The molecule has 10 nitrogen and oxygen atoms in total. The first-order chi connectivity index (χ1) is 22.0. The monoisotopic (exact) mass is 673 g/mol. The van der Waals surface area contributed by atoms with Gasteiger partial charge in [0.15, 0.2) is 5.78 Å². The fourth-order valence-corrected chi connectivity index (χ4v) is 5.67. The van der Waals surface area contributed by atoms with Crippen molar-refractivity contribution in [3.8, 4) is 11.5 Å². The number of carbonyl (C=O) groups excluding carboxylic acids is 3. The number of hydrogen-bond donors (Lipinski definition) is 3. The largest absolute Gasteiger partial charge is 0.494 e. The zero-order valence-electron chi connectivity index (χ0n) is 25.8. The minimum Gasteiger partial charge on any atom is -0.494 e. The maximum Gasteiger partial charge on any atom is 0.305 e. The van der Waals surface area contributed by atoms with Crippen LogP contribution < -0.4 is 20.1 Å². The van der Waals surface area contributed by atoms with Gasteiger partial charge in [-0.2, -0.15) is 0 Å². The van der Waals surface area contributed by atoms with E-state index in [0.717, 1.165) is 17.5 Å². The molecule has 0 saturated carbocycles. The number of benzene rings is 2. The van der Waals surface area contributed by atoms with Crippen molar-refractivity contribution in [2.75, 3.05) is 12.4 Å². The van der Waals surface area contributed by atoms with E-state index in [0.29, 0.717) is 23.7 Å². The van der Waals surface area contributed by atoms with Crippen LogP contribution in [-0.2, 0) is 38.0 Å². The fourth-order valence-electron chi connectivity index (χ4n) is 4.36. The van der Waals surface area contributed by atoms with Crippen LogP contribution in [0.5, 0.6) is 11.5 Å². The Kier molecular flexibility index (Phi) is 14.3. The number of ketones is 1. The van der Waals surface area contributed by atoms with E-state index in [1.54, 1.807) is 44.3 Å². The molecule has 3 rings (SSSR count). The molecule has 2 atom stereocenters. The first-order valence-electron chi connectivity index (χ1n) is 14.6. The van der Waals surface area contributed by atoms with E-state index in [1.165, 1.54) is 18.2 Å². The Morgan fingerprint density at radius 2 is 1.83 bits per heavy atom. The van der Waals surface area contributed by atoms with Crippen LogP contribution in [0.1, 0.15) is 44.0 Å². The predicted octanol–water partition coefficient (Wildman–Crippen LogP) is 5.00. The second kappa shape index (κ2) is 18.1. The topological polar surface area (TPSA) is 144 Å². The Labute approximate surface area is 276 Å². The molecule has 0 saturated heterocycles. The van der Waals surface area contributed by atoms with Gasteiger partial charge in [-0.1, -0.05) is 37.6 Å². The number of thioether (sulfide) groups is 1. The maximum atomic E-state index is 14.1. The summed E-state index contributed by atoms with van der Waals surface area (Å²) < 4.78 is 25.6. The number of nitrogens with one attached hydrogen (secondary N) is 2. The number of rotatable bonds is 18. The number of amides is 2. The summed E-state index contributed by atoms with van der Waals surface area (Å²) in [7, 11) is 0. The minimum atomic E-state index is -1.36. The molecule has 2 aromatic carbocycles. The molecule has 0 bridgehead atoms. The highest BCUT2D eigenvalue weighted by atomic mass is 35.5. The number of hydrogen-bond acceptors (Lipinski definition) is 8. The Balaban J connectivity index is 1.66. The zero-order chi connectivity index (χ0) is 33.6. The van der Waals surface area contributed by atoms with E-state index in [1.807, 2.05) is 19.1 Å². The second-order valence-electron chi connectivity index (χ2n) is 10.6. The Morgan fingerprint density at radius 3 is 2.48 bits per heavy atom. The van der Waals surface area contributed by atoms with Crippen LogP contribution in [0.3, 0.4) is 0 Å². The molecule has 3 N–H and O–H groups in total. The number of carboxylic acids is 1. The molecule has 246 valence electrons. The number of halogens is 2. The van der Waals surface area contributed by atoms with E-state index >= 15 is 0 Å². The molecular weight excluding hydrogens is 637 g/mol. The van der Waals surface area contributed by atoms with E-state index in [9.17, 15) is 28.7 Å². The molecule has 0 radical (unpaired) electrons. The van der Waals surface area contributed by atoms with Gasteiger partial charge in [-0.05, 0) is 55.3 Å². The Bertz CT molecular complexity index is 1490.